The van der Waals surface area contributed by atoms with Gasteiger partial charge in [0, 0.05) is 0 Å². The van der Waals surface area contributed by atoms with Gasteiger partial charge < -0.3 is 0 Å². The normalized spacial score (nSPS) is 38.4. The van der Waals surface area contributed by atoms with Crippen LogP contribution in [-0.2, 0) is 0 Å². The first-order chi connectivity index (χ1) is 14.2. The monoisotopic (exact) mass is 399 g/mol. The van der Waals surface area contributed by atoms with Gasteiger partial charge in [-0.1, -0.05) is 65.2 Å². The quantitative estimate of drug-likeness (QED) is 0.355. The van der Waals surface area contributed by atoms with Crippen LogP contribution in [0.3, 0.4) is 0 Å². The molecule has 3 aliphatic carbocycles. The van der Waals surface area contributed by atoms with Crippen molar-refractivity contribution in [1.29, 1.82) is 5.26 Å². The number of unbranched alkanes of at least 4 members (excludes halogenated alkanes) is 3. The molecule has 0 spiro atoms. The summed E-state index contributed by atoms with van der Waals surface area (Å²) in [7, 11) is 0. The molecule has 0 aliphatic heterocycles. The highest BCUT2D eigenvalue weighted by molar-refractivity contribution is 5.02. The van der Waals surface area contributed by atoms with Crippen LogP contribution in [0.1, 0.15) is 136 Å². The van der Waals surface area contributed by atoms with Crippen LogP contribution >= 0.6 is 0 Å². The molecule has 1 nitrogen and oxygen atoms in total. The number of rotatable bonds is 9. The van der Waals surface area contributed by atoms with Crippen molar-refractivity contribution in [3.63, 3.8) is 0 Å². The van der Waals surface area contributed by atoms with E-state index in [9.17, 15) is 5.26 Å². The van der Waals surface area contributed by atoms with Gasteiger partial charge in [-0.05, 0) is 100 Å². The molecule has 3 aliphatic rings. The first kappa shape index (κ1) is 23.2. The van der Waals surface area contributed by atoms with Crippen molar-refractivity contribution in [2.45, 2.75) is 136 Å². The summed E-state index contributed by atoms with van der Waals surface area (Å²) in [5.74, 6) is 5.09. The van der Waals surface area contributed by atoms with Gasteiger partial charge in [0.2, 0.25) is 0 Å². The molecule has 0 aromatic heterocycles. The number of hydrogen-bond donors (Lipinski definition) is 0. The average Bonchev–Trinajstić information content (AvgIpc) is 2.78. The van der Waals surface area contributed by atoms with Gasteiger partial charge in [-0.15, -0.1) is 0 Å². The summed E-state index contributed by atoms with van der Waals surface area (Å²) in [5, 5.41) is 9.69. The highest BCUT2D eigenvalue weighted by Crippen LogP contribution is 2.49. The Morgan fingerprint density at radius 3 is 1.66 bits per heavy atom. The van der Waals surface area contributed by atoms with Gasteiger partial charge in [0.1, 0.15) is 0 Å². The van der Waals surface area contributed by atoms with E-state index < -0.39 is 0 Å². The second-order valence-corrected chi connectivity index (χ2v) is 11.3. The third kappa shape index (κ3) is 6.48. The molecule has 0 radical (unpaired) electrons. The molecule has 29 heavy (non-hydrogen) atoms. The number of hydrogen-bond acceptors (Lipinski definition) is 1. The molecular formula is C28H49N. The summed E-state index contributed by atoms with van der Waals surface area (Å²) in [6, 6.07) is 2.71. The largest absolute Gasteiger partial charge is 0.198 e. The Hall–Kier alpha value is -0.510. The van der Waals surface area contributed by atoms with Crippen LogP contribution in [0.25, 0.3) is 0 Å². The zero-order chi connectivity index (χ0) is 20.5. The topological polar surface area (TPSA) is 23.8 Å². The first-order valence-electron chi connectivity index (χ1n) is 13.6. The third-order valence-corrected chi connectivity index (χ3v) is 9.46. The van der Waals surface area contributed by atoms with Crippen molar-refractivity contribution in [1.82, 2.24) is 0 Å². The molecule has 3 saturated carbocycles. The predicted molar refractivity (Wildman–Crippen MR) is 125 cm³/mol. The van der Waals surface area contributed by atoms with Crippen molar-refractivity contribution in [2.75, 3.05) is 0 Å². The lowest BCUT2D eigenvalue weighted by molar-refractivity contribution is 0.0902. The Kier molecular flexibility index (Phi) is 9.40. The van der Waals surface area contributed by atoms with Crippen molar-refractivity contribution in [3.05, 3.63) is 0 Å². The zero-order valence-electron chi connectivity index (χ0n) is 19.8. The average molecular weight is 400 g/mol. The van der Waals surface area contributed by atoms with E-state index in [1.54, 1.807) is 12.8 Å². The zero-order valence-corrected chi connectivity index (χ0v) is 19.8. The third-order valence-electron chi connectivity index (χ3n) is 9.46. The van der Waals surface area contributed by atoms with E-state index in [-0.39, 0.29) is 5.41 Å². The van der Waals surface area contributed by atoms with Crippen LogP contribution in [0.4, 0.5) is 0 Å². The van der Waals surface area contributed by atoms with E-state index in [1.807, 2.05) is 0 Å². The van der Waals surface area contributed by atoms with Gasteiger partial charge >= 0.3 is 0 Å². The van der Waals surface area contributed by atoms with Crippen molar-refractivity contribution >= 4 is 0 Å². The summed E-state index contributed by atoms with van der Waals surface area (Å²) < 4.78 is 0. The van der Waals surface area contributed by atoms with Crippen molar-refractivity contribution in [2.24, 2.45) is 35.0 Å². The molecule has 0 aromatic carbocycles. The van der Waals surface area contributed by atoms with Crippen molar-refractivity contribution in [3.8, 4) is 6.07 Å². The van der Waals surface area contributed by atoms with E-state index >= 15 is 0 Å². The summed E-state index contributed by atoms with van der Waals surface area (Å²) in [6.07, 6.45) is 26.8. The summed E-state index contributed by atoms with van der Waals surface area (Å²) >= 11 is 0. The molecular weight excluding hydrogens is 350 g/mol. The van der Waals surface area contributed by atoms with Crippen LogP contribution in [0.15, 0.2) is 0 Å². The molecule has 0 atom stereocenters. The van der Waals surface area contributed by atoms with Crippen LogP contribution < -0.4 is 0 Å². The maximum atomic E-state index is 9.69. The van der Waals surface area contributed by atoms with Gasteiger partial charge in [0.25, 0.3) is 0 Å². The summed E-state index contributed by atoms with van der Waals surface area (Å²) in [5.41, 5.74) is 0.0393. The molecule has 0 saturated heterocycles. The van der Waals surface area contributed by atoms with Crippen LogP contribution in [0.5, 0.6) is 0 Å². The van der Waals surface area contributed by atoms with E-state index in [4.69, 9.17) is 0 Å². The summed E-state index contributed by atoms with van der Waals surface area (Å²) in [6.45, 7) is 4.56. The molecule has 0 heterocycles. The van der Waals surface area contributed by atoms with Crippen molar-refractivity contribution < 1.29 is 0 Å². The van der Waals surface area contributed by atoms with Crippen LogP contribution in [-0.4, -0.2) is 0 Å². The lowest BCUT2D eigenvalue weighted by atomic mass is 9.62. The standard InChI is InChI=1S/C28H49N/c1-3-5-6-7-8-23-9-11-24(12-10-23)25-13-15-26(16-14-25)27-17-20-28(22-29,19-4-2)21-18-27/h23-27H,3-21H2,1-2H3. The Morgan fingerprint density at radius 1 is 0.655 bits per heavy atom. The lowest BCUT2D eigenvalue weighted by Crippen LogP contribution is -2.32. The fraction of sp³-hybridized carbons (Fsp3) is 0.964. The van der Waals surface area contributed by atoms with Crippen LogP contribution in [0, 0.1) is 46.3 Å². The van der Waals surface area contributed by atoms with Gasteiger partial charge in [0.05, 0.1) is 11.5 Å². The molecule has 0 bridgehead atoms. The van der Waals surface area contributed by atoms with Gasteiger partial charge in [-0.25, -0.2) is 0 Å². The smallest absolute Gasteiger partial charge is 0.0689 e. The Bertz CT molecular complexity index is 479. The molecule has 1 heteroatoms. The molecule has 0 N–H and O–H groups in total. The molecule has 3 fully saturated rings. The Balaban J connectivity index is 1.34. The molecule has 0 unspecified atom stereocenters. The van der Waals surface area contributed by atoms with E-state index in [0.717, 1.165) is 36.0 Å². The van der Waals surface area contributed by atoms with E-state index in [0.29, 0.717) is 0 Å². The SMILES string of the molecule is CCCCCCC1CCC(C2CCC(C3CCC(C#N)(CCC)CC3)CC2)CC1. The lowest BCUT2D eigenvalue weighted by Gasteiger charge is -2.43. The fourth-order valence-corrected chi connectivity index (χ4v) is 7.46. The second kappa shape index (κ2) is 11.8. The highest BCUT2D eigenvalue weighted by Gasteiger charge is 2.39. The maximum absolute atomic E-state index is 9.69. The second-order valence-electron chi connectivity index (χ2n) is 11.3. The maximum Gasteiger partial charge on any atom is 0.0689 e. The first-order valence-corrected chi connectivity index (χ1v) is 13.6. The fourth-order valence-electron chi connectivity index (χ4n) is 7.46. The number of nitrogens with zero attached hydrogens (tertiary/aromatic N) is 1. The van der Waals surface area contributed by atoms with Gasteiger partial charge in [-0.3, -0.25) is 0 Å². The van der Waals surface area contributed by atoms with Crippen LogP contribution in [0.2, 0.25) is 0 Å². The summed E-state index contributed by atoms with van der Waals surface area (Å²) in [4.78, 5) is 0. The molecule has 0 amide bonds. The predicted octanol–water partition coefficient (Wildman–Crippen LogP) is 9.07. The van der Waals surface area contributed by atoms with E-state index in [1.165, 1.54) is 103 Å². The molecule has 0 aromatic rings. The minimum absolute atomic E-state index is 0.0393. The molecule has 166 valence electrons. The van der Waals surface area contributed by atoms with Gasteiger partial charge in [-0.2, -0.15) is 5.26 Å². The Labute approximate surface area is 182 Å². The van der Waals surface area contributed by atoms with Gasteiger partial charge in [0.15, 0.2) is 0 Å². The number of nitriles is 1. The minimum atomic E-state index is 0.0393. The highest BCUT2D eigenvalue weighted by atomic mass is 14.4. The Morgan fingerprint density at radius 2 is 1.17 bits per heavy atom. The molecule has 3 rings (SSSR count). The van der Waals surface area contributed by atoms with E-state index in [2.05, 4.69) is 19.9 Å². The minimum Gasteiger partial charge on any atom is -0.198 e.